The molecule has 28 heavy (non-hydrogen) atoms. The van der Waals surface area contributed by atoms with Crippen LogP contribution in [-0.2, 0) is 13.1 Å². The number of aryl methyl sites for hydroxylation is 2. The van der Waals surface area contributed by atoms with Crippen molar-refractivity contribution in [1.29, 1.82) is 0 Å². The number of rotatable bonds is 6. The molecule has 3 aromatic heterocycles. The fourth-order valence-electron chi connectivity index (χ4n) is 2.49. The first-order chi connectivity index (χ1) is 13.3. The van der Waals surface area contributed by atoms with Crippen LogP contribution in [0.25, 0.3) is 0 Å². The van der Waals surface area contributed by atoms with Crippen LogP contribution in [0, 0.1) is 19.0 Å². The van der Waals surface area contributed by atoms with Crippen molar-refractivity contribution in [3.05, 3.63) is 50.2 Å². The number of urea groups is 1. The highest BCUT2D eigenvalue weighted by molar-refractivity contribution is 7.14. The molecule has 148 valence electrons. The quantitative estimate of drug-likeness (QED) is 0.632. The topological polar surface area (TPSA) is 100 Å². The minimum absolute atomic E-state index is 0.209. The number of hydrogen-bond acceptors (Lipinski definition) is 7. The minimum atomic E-state index is -0.435. The Morgan fingerprint density at radius 2 is 2.11 bits per heavy atom. The first-order valence-electron chi connectivity index (χ1n) is 8.25. The lowest BCUT2D eigenvalue weighted by Crippen LogP contribution is -2.28. The van der Waals surface area contributed by atoms with Crippen LogP contribution < -0.4 is 10.6 Å². The van der Waals surface area contributed by atoms with Crippen LogP contribution in [0.2, 0.25) is 0 Å². The van der Waals surface area contributed by atoms with Gasteiger partial charge in [-0.2, -0.15) is 4.39 Å². The Bertz CT molecular complexity index is 977. The van der Waals surface area contributed by atoms with Gasteiger partial charge in [0.1, 0.15) is 11.3 Å². The fourth-order valence-corrected chi connectivity index (χ4v) is 3.85. The molecule has 0 aliphatic carbocycles. The van der Waals surface area contributed by atoms with Crippen molar-refractivity contribution < 1.29 is 18.5 Å². The lowest BCUT2D eigenvalue weighted by atomic mass is 10.2. The van der Waals surface area contributed by atoms with Gasteiger partial charge in [-0.3, -0.25) is 10.1 Å². The minimum Gasteiger partial charge on any atom is -0.361 e. The summed E-state index contributed by atoms with van der Waals surface area (Å²) in [5.41, 5.74) is 1.63. The third kappa shape index (κ3) is 4.73. The second-order valence-corrected chi connectivity index (χ2v) is 7.99. The molecule has 11 heteroatoms. The predicted molar refractivity (Wildman–Crippen MR) is 104 cm³/mol. The Hall–Kier alpha value is -2.79. The van der Waals surface area contributed by atoms with E-state index in [-0.39, 0.29) is 24.1 Å². The number of carbonyl (C=O) groups is 2. The molecule has 3 amide bonds. The zero-order valence-electron chi connectivity index (χ0n) is 15.4. The van der Waals surface area contributed by atoms with Gasteiger partial charge in [-0.1, -0.05) is 5.16 Å². The van der Waals surface area contributed by atoms with E-state index in [9.17, 15) is 14.0 Å². The van der Waals surface area contributed by atoms with E-state index < -0.39 is 6.03 Å². The zero-order valence-corrected chi connectivity index (χ0v) is 17.0. The van der Waals surface area contributed by atoms with Gasteiger partial charge in [0.25, 0.3) is 5.91 Å². The summed E-state index contributed by atoms with van der Waals surface area (Å²) in [6.45, 7) is 3.91. The van der Waals surface area contributed by atoms with E-state index in [0.717, 1.165) is 11.3 Å². The maximum absolute atomic E-state index is 12.9. The van der Waals surface area contributed by atoms with Crippen molar-refractivity contribution in [2.24, 2.45) is 0 Å². The van der Waals surface area contributed by atoms with E-state index in [1.807, 2.05) is 0 Å². The summed E-state index contributed by atoms with van der Waals surface area (Å²) in [6.07, 6.45) is 0. The SMILES string of the molecule is Cc1noc(C)c1C(=O)N(C)Cc1csc(NC(=O)NCc2ccc(F)s2)n1. The highest BCUT2D eigenvalue weighted by atomic mass is 32.1. The molecular formula is C17H18FN5O3S2. The van der Waals surface area contributed by atoms with Crippen molar-refractivity contribution >= 4 is 39.7 Å². The molecule has 2 N–H and O–H groups in total. The summed E-state index contributed by atoms with van der Waals surface area (Å²) in [5, 5.41) is 10.9. The molecule has 0 atom stereocenters. The number of anilines is 1. The van der Waals surface area contributed by atoms with E-state index in [2.05, 4.69) is 20.8 Å². The van der Waals surface area contributed by atoms with Crippen molar-refractivity contribution in [1.82, 2.24) is 20.4 Å². The first-order valence-corrected chi connectivity index (χ1v) is 9.95. The number of amides is 3. The summed E-state index contributed by atoms with van der Waals surface area (Å²) < 4.78 is 18.0. The lowest BCUT2D eigenvalue weighted by molar-refractivity contribution is 0.0781. The van der Waals surface area contributed by atoms with Crippen LogP contribution in [0.5, 0.6) is 0 Å². The van der Waals surface area contributed by atoms with Crippen molar-refractivity contribution in [2.45, 2.75) is 26.9 Å². The van der Waals surface area contributed by atoms with E-state index >= 15 is 0 Å². The standard InChI is InChI=1S/C17H18FN5O3S2/c1-9-14(10(2)26-22-9)15(24)23(3)7-11-8-27-17(20-11)21-16(25)19-6-12-4-5-13(18)28-12/h4-5,8H,6-7H2,1-3H3,(H2,19,20,21,25). The van der Waals surface area contributed by atoms with Gasteiger partial charge < -0.3 is 14.7 Å². The summed E-state index contributed by atoms with van der Waals surface area (Å²) in [5.74, 6) is 0.261. The number of nitrogens with zero attached hydrogens (tertiary/aromatic N) is 3. The molecule has 3 heterocycles. The fraction of sp³-hybridized carbons (Fsp3) is 0.294. The van der Waals surface area contributed by atoms with Crippen LogP contribution >= 0.6 is 22.7 Å². The van der Waals surface area contributed by atoms with Gasteiger partial charge in [0.15, 0.2) is 10.3 Å². The molecule has 3 aromatic rings. The molecule has 0 radical (unpaired) electrons. The van der Waals surface area contributed by atoms with Crippen LogP contribution in [0.1, 0.15) is 32.4 Å². The largest absolute Gasteiger partial charge is 0.361 e. The molecule has 0 saturated carbocycles. The van der Waals surface area contributed by atoms with Gasteiger partial charge in [-0.25, -0.2) is 9.78 Å². The summed E-state index contributed by atoms with van der Waals surface area (Å²) in [6, 6.07) is 2.54. The number of thiophene rings is 1. The van der Waals surface area contributed by atoms with Crippen LogP contribution in [0.4, 0.5) is 14.3 Å². The van der Waals surface area contributed by atoms with Gasteiger partial charge in [0, 0.05) is 17.3 Å². The molecule has 0 spiro atoms. The van der Waals surface area contributed by atoms with Crippen molar-refractivity contribution in [3.8, 4) is 0 Å². The zero-order chi connectivity index (χ0) is 20.3. The first kappa shape index (κ1) is 20.0. The molecule has 0 aromatic carbocycles. The Morgan fingerprint density at radius 3 is 2.75 bits per heavy atom. The van der Waals surface area contributed by atoms with Crippen LogP contribution in [0.3, 0.4) is 0 Å². The van der Waals surface area contributed by atoms with Crippen molar-refractivity contribution in [2.75, 3.05) is 12.4 Å². The second-order valence-electron chi connectivity index (χ2n) is 6.02. The Kier molecular flexibility index (Phi) is 6.05. The summed E-state index contributed by atoms with van der Waals surface area (Å²) in [7, 11) is 1.66. The molecule has 0 aliphatic heterocycles. The molecule has 0 bridgehead atoms. The lowest BCUT2D eigenvalue weighted by Gasteiger charge is -2.15. The smallest absolute Gasteiger partial charge is 0.321 e. The van der Waals surface area contributed by atoms with Gasteiger partial charge >= 0.3 is 6.03 Å². The Morgan fingerprint density at radius 1 is 1.32 bits per heavy atom. The van der Waals surface area contributed by atoms with Crippen LogP contribution in [0.15, 0.2) is 22.0 Å². The normalized spacial score (nSPS) is 10.7. The van der Waals surface area contributed by atoms with Gasteiger partial charge in [-0.05, 0) is 26.0 Å². The Balaban J connectivity index is 1.53. The highest BCUT2D eigenvalue weighted by Gasteiger charge is 2.21. The third-order valence-corrected chi connectivity index (χ3v) is 5.50. The molecule has 0 saturated heterocycles. The number of thiazole rings is 1. The average Bonchev–Trinajstić information content (AvgIpc) is 3.34. The number of carbonyl (C=O) groups excluding carboxylic acids is 2. The van der Waals surface area contributed by atoms with E-state index in [1.54, 1.807) is 32.3 Å². The maximum Gasteiger partial charge on any atom is 0.321 e. The number of aromatic nitrogens is 2. The van der Waals surface area contributed by atoms with Gasteiger partial charge in [0.05, 0.1) is 24.5 Å². The maximum atomic E-state index is 12.9. The van der Waals surface area contributed by atoms with Crippen molar-refractivity contribution in [3.63, 3.8) is 0 Å². The monoisotopic (exact) mass is 423 g/mol. The molecule has 0 fully saturated rings. The summed E-state index contributed by atoms with van der Waals surface area (Å²) >= 11 is 2.23. The molecule has 3 rings (SSSR count). The number of nitrogens with one attached hydrogen (secondary N) is 2. The van der Waals surface area contributed by atoms with Gasteiger partial charge in [0.2, 0.25) is 0 Å². The van der Waals surface area contributed by atoms with E-state index in [4.69, 9.17) is 4.52 Å². The van der Waals surface area contributed by atoms with Crippen LogP contribution in [-0.4, -0.2) is 34.0 Å². The van der Waals surface area contributed by atoms with E-state index in [1.165, 1.54) is 22.3 Å². The van der Waals surface area contributed by atoms with Gasteiger partial charge in [-0.15, -0.1) is 22.7 Å². The molecule has 0 unspecified atom stereocenters. The molecule has 0 aliphatic rings. The third-order valence-electron chi connectivity index (χ3n) is 3.82. The summed E-state index contributed by atoms with van der Waals surface area (Å²) in [4.78, 5) is 31.0. The molecular weight excluding hydrogens is 405 g/mol. The second kappa shape index (κ2) is 8.48. The van der Waals surface area contributed by atoms with E-state index in [0.29, 0.717) is 32.7 Å². The molecule has 8 nitrogen and oxygen atoms in total. The number of hydrogen-bond donors (Lipinski definition) is 2. The Labute approximate surface area is 168 Å². The average molecular weight is 423 g/mol. The number of halogens is 1. The highest BCUT2D eigenvalue weighted by Crippen LogP contribution is 2.19. The predicted octanol–water partition coefficient (Wildman–Crippen LogP) is 3.54.